The molecule has 0 heterocycles. The summed E-state index contributed by atoms with van der Waals surface area (Å²) in [4.78, 5) is 14.6. The average molecular weight is 417 g/mol. The van der Waals surface area contributed by atoms with Gasteiger partial charge >= 0.3 is 0 Å². The maximum absolute atomic E-state index is 13.1. The summed E-state index contributed by atoms with van der Waals surface area (Å²) >= 11 is 0. The Morgan fingerprint density at radius 2 is 1.79 bits per heavy atom. The first-order valence-electron chi connectivity index (χ1n) is 9.05. The normalized spacial score (nSPS) is 11.7. The Bertz CT molecular complexity index is 1030. The van der Waals surface area contributed by atoms with Crippen LogP contribution in [0.5, 0.6) is 0 Å². The van der Waals surface area contributed by atoms with Gasteiger partial charge in [0, 0.05) is 17.6 Å². The Balaban J connectivity index is 2.38. The topological polar surface area (TPSA) is 66.5 Å². The van der Waals surface area contributed by atoms with Gasteiger partial charge in [0.05, 0.1) is 11.4 Å². The number of sulfonamides is 1. The van der Waals surface area contributed by atoms with Gasteiger partial charge in [-0.1, -0.05) is 24.1 Å². The van der Waals surface area contributed by atoms with E-state index in [0.29, 0.717) is 11.1 Å². The van der Waals surface area contributed by atoms with Crippen molar-refractivity contribution in [3.63, 3.8) is 0 Å². The molecular weight excluding hydrogens is 391 g/mol. The zero-order valence-corrected chi connectivity index (χ0v) is 17.8. The van der Waals surface area contributed by atoms with Gasteiger partial charge in [-0.3, -0.25) is 4.79 Å². The summed E-state index contributed by atoms with van der Waals surface area (Å²) in [6.07, 6.45) is 5.42. The molecule has 2 aromatic carbocycles. The molecule has 2 rings (SSSR count). The van der Waals surface area contributed by atoms with Gasteiger partial charge in [0.1, 0.15) is 5.82 Å². The van der Waals surface area contributed by atoms with Crippen molar-refractivity contribution < 1.29 is 17.6 Å². The van der Waals surface area contributed by atoms with Crippen LogP contribution < -0.4 is 4.72 Å². The van der Waals surface area contributed by atoms with E-state index in [1.54, 1.807) is 45.9 Å². The molecule has 5 nitrogen and oxygen atoms in total. The minimum absolute atomic E-state index is 0.00353. The highest BCUT2D eigenvalue weighted by Gasteiger charge is 2.25. The standard InChI is InChI=1S/C22H25FN2O3S/c1-6-13-25(15-17-8-10-18(23)11-9-17)21(26)20-14-19(12-7-16(20)2)29(27,28)24-22(3,4)5/h1,7-12,14,24H,13,15H2,2-5H3. The number of halogens is 1. The van der Waals surface area contributed by atoms with Crippen LogP contribution in [0.4, 0.5) is 4.39 Å². The number of hydrogen-bond acceptors (Lipinski definition) is 3. The molecule has 1 amide bonds. The molecule has 0 aliphatic heterocycles. The molecular formula is C22H25FN2O3S. The molecule has 0 bridgehead atoms. The Morgan fingerprint density at radius 1 is 1.17 bits per heavy atom. The number of nitrogens with one attached hydrogen (secondary N) is 1. The zero-order valence-electron chi connectivity index (χ0n) is 17.0. The largest absolute Gasteiger partial charge is 0.323 e. The third-order valence-electron chi connectivity index (χ3n) is 4.05. The average Bonchev–Trinajstić information content (AvgIpc) is 2.61. The van der Waals surface area contributed by atoms with E-state index in [-0.39, 0.29) is 29.4 Å². The lowest BCUT2D eigenvalue weighted by molar-refractivity contribution is 0.0764. The van der Waals surface area contributed by atoms with Crippen LogP contribution in [0.1, 0.15) is 42.3 Å². The van der Waals surface area contributed by atoms with E-state index in [2.05, 4.69) is 10.6 Å². The molecule has 0 aromatic heterocycles. The van der Waals surface area contributed by atoms with Crippen molar-refractivity contribution in [2.45, 2.75) is 44.7 Å². The van der Waals surface area contributed by atoms with Crippen molar-refractivity contribution in [3.8, 4) is 12.3 Å². The maximum atomic E-state index is 13.1. The number of rotatable bonds is 6. The molecule has 0 saturated heterocycles. The third-order valence-corrected chi connectivity index (χ3v) is 5.80. The molecule has 0 unspecified atom stereocenters. The van der Waals surface area contributed by atoms with Crippen molar-refractivity contribution in [1.82, 2.24) is 9.62 Å². The van der Waals surface area contributed by atoms with Gasteiger partial charge in [0.2, 0.25) is 10.0 Å². The van der Waals surface area contributed by atoms with E-state index >= 15 is 0 Å². The highest BCUT2D eigenvalue weighted by atomic mass is 32.2. The summed E-state index contributed by atoms with van der Waals surface area (Å²) in [6.45, 7) is 7.16. The predicted molar refractivity (Wildman–Crippen MR) is 111 cm³/mol. The maximum Gasteiger partial charge on any atom is 0.255 e. The van der Waals surface area contributed by atoms with E-state index in [1.807, 2.05) is 0 Å². The summed E-state index contributed by atoms with van der Waals surface area (Å²) in [5, 5.41) is 0. The molecule has 29 heavy (non-hydrogen) atoms. The zero-order chi connectivity index (χ0) is 21.8. The lowest BCUT2D eigenvalue weighted by Crippen LogP contribution is -2.40. The van der Waals surface area contributed by atoms with Crippen molar-refractivity contribution in [2.75, 3.05) is 6.54 Å². The van der Waals surface area contributed by atoms with E-state index in [4.69, 9.17) is 6.42 Å². The molecule has 1 N–H and O–H groups in total. The van der Waals surface area contributed by atoms with E-state index < -0.39 is 21.5 Å². The number of amides is 1. The highest BCUT2D eigenvalue weighted by Crippen LogP contribution is 2.20. The number of aryl methyl sites for hydroxylation is 1. The second-order valence-corrected chi connectivity index (χ2v) is 9.51. The Labute approximate surface area is 172 Å². The minimum atomic E-state index is -3.80. The second kappa shape index (κ2) is 8.76. The molecule has 154 valence electrons. The quantitative estimate of drug-likeness (QED) is 0.733. The lowest BCUT2D eigenvalue weighted by atomic mass is 10.1. The molecule has 0 spiro atoms. The summed E-state index contributed by atoms with van der Waals surface area (Å²) < 4.78 is 41.0. The van der Waals surface area contributed by atoms with Gasteiger partial charge < -0.3 is 4.90 Å². The predicted octanol–water partition coefficient (Wildman–Crippen LogP) is 3.49. The van der Waals surface area contributed by atoms with E-state index in [9.17, 15) is 17.6 Å². The van der Waals surface area contributed by atoms with Gasteiger partial charge in [0.15, 0.2) is 0 Å². The van der Waals surface area contributed by atoms with Crippen LogP contribution in [0.3, 0.4) is 0 Å². The minimum Gasteiger partial charge on any atom is -0.323 e. The fraction of sp³-hybridized carbons (Fsp3) is 0.318. The van der Waals surface area contributed by atoms with E-state index in [0.717, 1.165) is 0 Å². The molecule has 0 fully saturated rings. The smallest absolute Gasteiger partial charge is 0.255 e. The Morgan fingerprint density at radius 3 is 2.34 bits per heavy atom. The summed E-state index contributed by atoms with van der Waals surface area (Å²) in [7, 11) is -3.80. The summed E-state index contributed by atoms with van der Waals surface area (Å²) in [5.41, 5.74) is 0.933. The van der Waals surface area contributed by atoms with Crippen LogP contribution in [-0.4, -0.2) is 31.3 Å². The summed E-state index contributed by atoms with van der Waals surface area (Å²) in [6, 6.07) is 10.2. The first-order valence-corrected chi connectivity index (χ1v) is 10.5. The number of benzene rings is 2. The first-order chi connectivity index (χ1) is 13.4. The Kier molecular flexibility index (Phi) is 6.83. The second-order valence-electron chi connectivity index (χ2n) is 7.82. The van der Waals surface area contributed by atoms with Gasteiger partial charge in [0.25, 0.3) is 5.91 Å². The monoisotopic (exact) mass is 416 g/mol. The van der Waals surface area contributed by atoms with Gasteiger partial charge in [-0.25, -0.2) is 17.5 Å². The fourth-order valence-electron chi connectivity index (χ4n) is 2.75. The molecule has 0 aliphatic rings. The molecule has 7 heteroatoms. The molecule has 0 atom stereocenters. The summed E-state index contributed by atoms with van der Waals surface area (Å²) in [5.74, 6) is 1.68. The number of carbonyl (C=O) groups is 1. The molecule has 0 radical (unpaired) electrons. The first kappa shape index (κ1) is 22.6. The third kappa shape index (κ3) is 6.14. The van der Waals surface area contributed by atoms with Gasteiger partial charge in [-0.05, 0) is 63.1 Å². The van der Waals surface area contributed by atoms with Crippen molar-refractivity contribution in [3.05, 3.63) is 65.0 Å². The van der Waals surface area contributed by atoms with Crippen molar-refractivity contribution in [1.29, 1.82) is 0 Å². The fourth-order valence-corrected chi connectivity index (χ4v) is 4.20. The van der Waals surface area contributed by atoms with Crippen LogP contribution >= 0.6 is 0 Å². The van der Waals surface area contributed by atoms with Crippen LogP contribution in [0.25, 0.3) is 0 Å². The number of carbonyl (C=O) groups excluding carboxylic acids is 1. The van der Waals surface area contributed by atoms with Crippen LogP contribution in [0.2, 0.25) is 0 Å². The van der Waals surface area contributed by atoms with Crippen LogP contribution in [0, 0.1) is 25.1 Å². The van der Waals surface area contributed by atoms with Gasteiger partial charge in [-0.15, -0.1) is 6.42 Å². The Hall–Kier alpha value is -2.69. The highest BCUT2D eigenvalue weighted by molar-refractivity contribution is 7.89. The van der Waals surface area contributed by atoms with Crippen LogP contribution in [0.15, 0.2) is 47.4 Å². The van der Waals surface area contributed by atoms with Gasteiger partial charge in [-0.2, -0.15) is 0 Å². The number of terminal acetylenes is 1. The van der Waals surface area contributed by atoms with Crippen LogP contribution in [-0.2, 0) is 16.6 Å². The number of nitrogens with zero attached hydrogens (tertiary/aromatic N) is 1. The van der Waals surface area contributed by atoms with Crippen molar-refractivity contribution >= 4 is 15.9 Å². The molecule has 0 aliphatic carbocycles. The molecule has 2 aromatic rings. The van der Waals surface area contributed by atoms with E-state index in [1.165, 1.54) is 29.2 Å². The lowest BCUT2D eigenvalue weighted by Gasteiger charge is -2.23. The SMILES string of the molecule is C#CCN(Cc1ccc(F)cc1)C(=O)c1cc(S(=O)(=O)NC(C)(C)C)ccc1C. The van der Waals surface area contributed by atoms with Crippen molar-refractivity contribution in [2.24, 2.45) is 0 Å². The molecule has 0 saturated carbocycles. The number of hydrogen-bond donors (Lipinski definition) is 1.